The third-order valence-corrected chi connectivity index (χ3v) is 6.05. The summed E-state index contributed by atoms with van der Waals surface area (Å²) in [6.07, 6.45) is -4.41. The predicted octanol–water partition coefficient (Wildman–Crippen LogP) is 2.14. The lowest BCUT2D eigenvalue weighted by atomic mass is 9.87. The van der Waals surface area contributed by atoms with Crippen LogP contribution in [-0.4, -0.2) is 65.3 Å². The first kappa shape index (κ1) is 24.5. The Morgan fingerprint density at radius 2 is 1.76 bits per heavy atom. The molecule has 1 aromatic carbocycles. The van der Waals surface area contributed by atoms with Crippen LogP contribution in [0.3, 0.4) is 0 Å². The maximum absolute atomic E-state index is 14.1. The van der Waals surface area contributed by atoms with Gasteiger partial charge >= 0.3 is 12.2 Å². The zero-order valence-electron chi connectivity index (χ0n) is 18.3. The molecule has 0 saturated carbocycles. The molecule has 2 N–H and O–H groups in total. The summed E-state index contributed by atoms with van der Waals surface area (Å²) < 4.78 is 53.0. The average Bonchev–Trinajstić information content (AvgIpc) is 2.94. The summed E-state index contributed by atoms with van der Waals surface area (Å²) in [4.78, 5) is 52.3. The van der Waals surface area contributed by atoms with Crippen LogP contribution in [0.4, 0.5) is 22.4 Å². The van der Waals surface area contributed by atoms with Gasteiger partial charge in [0.05, 0.1) is 11.1 Å². The average molecular weight is 472 g/mol. The van der Waals surface area contributed by atoms with Gasteiger partial charge < -0.3 is 15.5 Å². The van der Waals surface area contributed by atoms with Crippen molar-refractivity contribution in [3.05, 3.63) is 35.1 Å². The Bertz CT molecular complexity index is 987. The van der Waals surface area contributed by atoms with E-state index >= 15 is 0 Å². The number of carbonyl (C=O) groups excluding carboxylic acids is 4. The van der Waals surface area contributed by atoms with E-state index in [2.05, 4.69) is 10.6 Å². The van der Waals surface area contributed by atoms with Gasteiger partial charge in [0.1, 0.15) is 17.4 Å². The largest absolute Gasteiger partial charge is 0.416 e. The van der Waals surface area contributed by atoms with Crippen LogP contribution < -0.4 is 10.6 Å². The van der Waals surface area contributed by atoms with Crippen molar-refractivity contribution in [3.8, 4) is 0 Å². The van der Waals surface area contributed by atoms with Gasteiger partial charge in [-0.25, -0.2) is 9.18 Å². The fourth-order valence-electron chi connectivity index (χ4n) is 4.01. The minimum atomic E-state index is -4.76. The van der Waals surface area contributed by atoms with Crippen molar-refractivity contribution < 1.29 is 36.7 Å². The Hall–Kier alpha value is -3.18. The summed E-state index contributed by atoms with van der Waals surface area (Å²) in [5.74, 6) is -3.63. The first-order valence-corrected chi connectivity index (χ1v) is 10.3. The number of halogens is 4. The van der Waals surface area contributed by atoms with E-state index in [1.54, 1.807) is 13.8 Å². The van der Waals surface area contributed by atoms with E-state index in [9.17, 15) is 36.7 Å². The fourth-order valence-corrected chi connectivity index (χ4v) is 4.01. The Balaban J connectivity index is 1.73. The quantitative estimate of drug-likeness (QED) is 0.518. The molecule has 180 valence electrons. The monoisotopic (exact) mass is 472 g/mol. The highest BCUT2D eigenvalue weighted by molar-refractivity contribution is 6.07. The summed E-state index contributed by atoms with van der Waals surface area (Å²) in [6, 6.07) is -0.159. The van der Waals surface area contributed by atoms with Gasteiger partial charge in [-0.2, -0.15) is 13.2 Å². The minimum Gasteiger partial charge on any atom is -0.341 e. The molecule has 2 heterocycles. The summed E-state index contributed by atoms with van der Waals surface area (Å²) in [6.45, 7) is 3.50. The normalized spacial score (nSPS) is 19.2. The summed E-state index contributed by atoms with van der Waals surface area (Å²) in [7, 11) is 1.36. The molecule has 8 nitrogen and oxygen atoms in total. The summed E-state index contributed by atoms with van der Waals surface area (Å²) in [5.41, 5.74) is -3.08. The van der Waals surface area contributed by atoms with Crippen LogP contribution in [0.1, 0.15) is 42.6 Å². The second-order valence-electron chi connectivity index (χ2n) is 8.59. The number of alkyl halides is 3. The van der Waals surface area contributed by atoms with Gasteiger partial charge in [0.15, 0.2) is 0 Å². The fraction of sp³-hybridized carbons (Fsp3) is 0.524. The number of rotatable bonds is 4. The molecule has 0 aliphatic carbocycles. The van der Waals surface area contributed by atoms with Crippen molar-refractivity contribution in [1.29, 1.82) is 0 Å². The van der Waals surface area contributed by atoms with Crippen molar-refractivity contribution in [1.82, 2.24) is 20.4 Å². The highest BCUT2D eigenvalue weighted by Gasteiger charge is 2.51. The molecule has 0 aromatic heterocycles. The molecule has 2 aliphatic heterocycles. The number of likely N-dealkylation sites (N-methyl/N-ethyl adjacent to an activating group) is 1. The van der Waals surface area contributed by atoms with Crippen LogP contribution in [-0.2, 0) is 15.8 Å². The summed E-state index contributed by atoms with van der Waals surface area (Å²) >= 11 is 0. The van der Waals surface area contributed by atoms with E-state index in [1.165, 1.54) is 11.9 Å². The number of carbonyl (C=O) groups is 4. The van der Waals surface area contributed by atoms with E-state index in [1.807, 2.05) is 0 Å². The SMILES string of the molecule is CC(C)C(NC(=O)c1cc(C(F)(F)F)ccc1F)C(=O)N1CCC2(CC1)NC(=O)N(C)C2=O. The molecule has 5 amide bonds. The van der Waals surface area contributed by atoms with Crippen molar-refractivity contribution in [2.24, 2.45) is 5.92 Å². The number of piperidine rings is 1. The van der Waals surface area contributed by atoms with Gasteiger partial charge in [-0.15, -0.1) is 0 Å². The zero-order valence-corrected chi connectivity index (χ0v) is 18.3. The number of likely N-dealkylation sites (tertiary alicyclic amines) is 1. The molecular formula is C21H24F4N4O4. The second kappa shape index (κ2) is 8.64. The number of hydrogen-bond acceptors (Lipinski definition) is 4. The van der Waals surface area contributed by atoms with Gasteiger partial charge in [-0.1, -0.05) is 13.8 Å². The van der Waals surface area contributed by atoms with Crippen LogP contribution in [0.5, 0.6) is 0 Å². The van der Waals surface area contributed by atoms with E-state index in [-0.39, 0.29) is 31.8 Å². The van der Waals surface area contributed by atoms with Gasteiger partial charge in [0, 0.05) is 20.1 Å². The maximum Gasteiger partial charge on any atom is 0.416 e. The lowest BCUT2D eigenvalue weighted by Gasteiger charge is -2.39. The molecular weight excluding hydrogens is 448 g/mol. The Morgan fingerprint density at radius 1 is 1.15 bits per heavy atom. The lowest BCUT2D eigenvalue weighted by Crippen LogP contribution is -2.59. The number of imide groups is 1. The Labute approximate surface area is 187 Å². The topological polar surface area (TPSA) is 98.8 Å². The van der Waals surface area contributed by atoms with E-state index < -0.39 is 58.5 Å². The molecule has 12 heteroatoms. The van der Waals surface area contributed by atoms with Gasteiger partial charge in [-0.3, -0.25) is 19.3 Å². The highest BCUT2D eigenvalue weighted by Crippen LogP contribution is 2.31. The van der Waals surface area contributed by atoms with Crippen LogP contribution >= 0.6 is 0 Å². The Morgan fingerprint density at radius 3 is 2.24 bits per heavy atom. The second-order valence-corrected chi connectivity index (χ2v) is 8.59. The molecule has 1 unspecified atom stereocenters. The summed E-state index contributed by atoms with van der Waals surface area (Å²) in [5, 5.41) is 5.00. The minimum absolute atomic E-state index is 0.121. The molecule has 3 rings (SSSR count). The smallest absolute Gasteiger partial charge is 0.341 e. The molecule has 2 saturated heterocycles. The number of urea groups is 1. The third-order valence-electron chi connectivity index (χ3n) is 6.05. The number of benzene rings is 1. The van der Waals surface area contributed by atoms with Crippen LogP contribution in [0.15, 0.2) is 18.2 Å². The first-order valence-electron chi connectivity index (χ1n) is 10.3. The van der Waals surface area contributed by atoms with E-state index in [0.29, 0.717) is 18.2 Å². The van der Waals surface area contributed by atoms with E-state index in [0.717, 1.165) is 4.90 Å². The highest BCUT2D eigenvalue weighted by atomic mass is 19.4. The van der Waals surface area contributed by atoms with Crippen molar-refractivity contribution in [2.75, 3.05) is 20.1 Å². The molecule has 2 aliphatic rings. The van der Waals surface area contributed by atoms with Crippen molar-refractivity contribution in [3.63, 3.8) is 0 Å². The third kappa shape index (κ3) is 4.64. The molecule has 33 heavy (non-hydrogen) atoms. The number of amides is 5. The molecule has 1 atom stereocenters. The van der Waals surface area contributed by atoms with Gasteiger partial charge in [0.25, 0.3) is 11.8 Å². The Kier molecular flexibility index (Phi) is 6.40. The van der Waals surface area contributed by atoms with Crippen LogP contribution in [0.2, 0.25) is 0 Å². The maximum atomic E-state index is 14.1. The molecule has 2 fully saturated rings. The molecule has 1 aromatic rings. The van der Waals surface area contributed by atoms with Crippen LogP contribution in [0, 0.1) is 11.7 Å². The van der Waals surface area contributed by atoms with Crippen molar-refractivity contribution in [2.45, 2.75) is 44.4 Å². The first-order chi connectivity index (χ1) is 15.3. The standard InChI is InChI=1S/C21H24F4N4O4/c1-11(2)15(26-16(30)13-10-12(21(23,24)25)4-5-14(13)22)17(31)29-8-6-20(7-9-29)18(32)28(3)19(33)27-20/h4-5,10-11,15H,6-9H2,1-3H3,(H,26,30)(H,27,33). The molecule has 0 bridgehead atoms. The number of nitrogens with one attached hydrogen (secondary N) is 2. The number of hydrogen-bond donors (Lipinski definition) is 2. The molecule has 0 radical (unpaired) electrons. The molecule has 1 spiro atoms. The number of nitrogens with zero attached hydrogens (tertiary/aromatic N) is 2. The lowest BCUT2D eigenvalue weighted by molar-refractivity contribution is -0.140. The van der Waals surface area contributed by atoms with Crippen LogP contribution in [0.25, 0.3) is 0 Å². The zero-order chi connectivity index (χ0) is 24.7. The predicted molar refractivity (Wildman–Crippen MR) is 107 cm³/mol. The van der Waals surface area contributed by atoms with Crippen molar-refractivity contribution >= 4 is 23.8 Å². The van der Waals surface area contributed by atoms with Gasteiger partial charge in [0.2, 0.25) is 5.91 Å². The van der Waals surface area contributed by atoms with E-state index in [4.69, 9.17) is 0 Å². The van der Waals surface area contributed by atoms with Gasteiger partial charge in [-0.05, 0) is 37.0 Å².